The SMILES string of the molecule is O=C1[C@H]2[C@H](CC=C3[C@H]2C[C@@]2(Cl)C(=O)N(CBr)C(=O)[C@@]2(Cl)[C@H]3c2ccc(O)cc2)C(=O)N1Cc1ccccc1. The molecule has 38 heavy (non-hydrogen) atoms. The third kappa shape index (κ3) is 3.32. The van der Waals surface area contributed by atoms with Gasteiger partial charge >= 0.3 is 0 Å². The zero-order valence-corrected chi connectivity index (χ0v) is 23.1. The van der Waals surface area contributed by atoms with Crippen LogP contribution in [0.2, 0.25) is 0 Å². The highest BCUT2D eigenvalue weighted by atomic mass is 79.9. The number of allylic oxidation sites excluding steroid dienone is 2. The van der Waals surface area contributed by atoms with Crippen LogP contribution in [0.15, 0.2) is 66.2 Å². The smallest absolute Gasteiger partial charge is 0.254 e. The molecule has 2 aromatic rings. The first-order valence-corrected chi connectivity index (χ1v) is 14.2. The van der Waals surface area contributed by atoms with Crippen LogP contribution in [0.3, 0.4) is 0 Å². The molecule has 3 fully saturated rings. The van der Waals surface area contributed by atoms with Gasteiger partial charge in [-0.3, -0.25) is 29.0 Å². The van der Waals surface area contributed by atoms with Crippen LogP contribution in [-0.2, 0) is 25.7 Å². The van der Waals surface area contributed by atoms with Gasteiger partial charge in [0.25, 0.3) is 11.8 Å². The summed E-state index contributed by atoms with van der Waals surface area (Å²) in [7, 11) is 0. The molecule has 7 nitrogen and oxygen atoms in total. The van der Waals surface area contributed by atoms with E-state index in [2.05, 4.69) is 15.9 Å². The van der Waals surface area contributed by atoms with Gasteiger partial charge < -0.3 is 5.11 Å². The van der Waals surface area contributed by atoms with Crippen molar-refractivity contribution in [3.8, 4) is 5.75 Å². The maximum Gasteiger partial charge on any atom is 0.254 e. The number of benzene rings is 2. The molecule has 4 aliphatic rings. The second-order valence-corrected chi connectivity index (χ2v) is 12.1. The molecule has 4 amide bonds. The van der Waals surface area contributed by atoms with E-state index in [4.69, 9.17) is 23.2 Å². The molecule has 1 saturated carbocycles. The van der Waals surface area contributed by atoms with E-state index >= 15 is 0 Å². The predicted molar refractivity (Wildman–Crippen MR) is 143 cm³/mol. The number of rotatable bonds is 4. The Bertz CT molecular complexity index is 1400. The number of carbonyl (C=O) groups is 4. The van der Waals surface area contributed by atoms with Crippen molar-refractivity contribution in [1.82, 2.24) is 9.80 Å². The second-order valence-electron chi connectivity index (χ2n) is 10.3. The Morgan fingerprint density at radius 2 is 1.58 bits per heavy atom. The van der Waals surface area contributed by atoms with Crippen molar-refractivity contribution in [2.45, 2.75) is 35.1 Å². The first-order chi connectivity index (χ1) is 18.1. The number of carbonyl (C=O) groups excluding carboxylic acids is 4. The third-order valence-corrected chi connectivity index (χ3v) is 10.4. The summed E-state index contributed by atoms with van der Waals surface area (Å²) in [5, 5.41) is 9.90. The molecule has 2 heterocycles. The Kier molecular flexibility index (Phi) is 6.01. The van der Waals surface area contributed by atoms with E-state index in [1.165, 1.54) is 17.0 Å². The lowest BCUT2D eigenvalue weighted by molar-refractivity contribution is -0.141. The number of nitrogens with zero attached hydrogens (tertiary/aromatic N) is 2. The maximum absolute atomic E-state index is 13.8. The molecule has 2 aliphatic heterocycles. The van der Waals surface area contributed by atoms with Gasteiger partial charge in [0.1, 0.15) is 5.75 Å². The summed E-state index contributed by atoms with van der Waals surface area (Å²) in [6.45, 7) is 0.162. The molecule has 6 rings (SSSR count). The standard InChI is InChI=1S/C28H23BrCl2N2O5/c29-14-33-25(37)27(30)12-20-18(22(28(27,31)26(33)38)16-6-8-17(34)9-7-16)10-11-19-21(20)24(36)32(23(19)35)13-15-4-2-1-3-5-15/h1-10,19-22,34H,11-14H2/t19-,20+,21-,22-,27+,28-/m0/s1. The van der Waals surface area contributed by atoms with Gasteiger partial charge in [0.2, 0.25) is 11.8 Å². The lowest BCUT2D eigenvalue weighted by Crippen LogP contribution is -2.60. The fourth-order valence-corrected chi connectivity index (χ4v) is 8.21. The Labute approximate surface area is 237 Å². The van der Waals surface area contributed by atoms with Crippen LogP contribution >= 0.6 is 39.1 Å². The minimum Gasteiger partial charge on any atom is -0.508 e. The van der Waals surface area contributed by atoms with E-state index in [0.29, 0.717) is 12.0 Å². The van der Waals surface area contributed by atoms with Gasteiger partial charge in [0, 0.05) is 5.92 Å². The van der Waals surface area contributed by atoms with Crippen LogP contribution in [-0.4, -0.2) is 53.7 Å². The van der Waals surface area contributed by atoms with Crippen molar-refractivity contribution < 1.29 is 24.3 Å². The highest BCUT2D eigenvalue weighted by Gasteiger charge is 2.76. The van der Waals surface area contributed by atoms with Crippen molar-refractivity contribution in [3.63, 3.8) is 0 Å². The number of fused-ring (bicyclic) bond motifs is 4. The Hall–Kier alpha value is -2.68. The Morgan fingerprint density at radius 1 is 0.895 bits per heavy atom. The third-order valence-electron chi connectivity index (χ3n) is 8.52. The van der Waals surface area contributed by atoms with E-state index < -0.39 is 45.2 Å². The summed E-state index contributed by atoms with van der Waals surface area (Å²) >= 11 is 17.5. The number of likely N-dealkylation sites (tertiary alicyclic amines) is 2. The fraction of sp³-hybridized carbons (Fsp3) is 0.357. The Morgan fingerprint density at radius 3 is 2.24 bits per heavy atom. The first-order valence-electron chi connectivity index (χ1n) is 12.3. The van der Waals surface area contributed by atoms with Crippen LogP contribution in [0.5, 0.6) is 5.75 Å². The number of aromatic hydroxyl groups is 1. The molecule has 6 atom stereocenters. The zero-order chi connectivity index (χ0) is 27.0. The minimum atomic E-state index is -1.85. The average Bonchev–Trinajstić information content (AvgIpc) is 3.23. The van der Waals surface area contributed by atoms with Crippen molar-refractivity contribution in [1.29, 1.82) is 0 Å². The van der Waals surface area contributed by atoms with Crippen LogP contribution < -0.4 is 0 Å². The summed E-state index contributed by atoms with van der Waals surface area (Å²) in [6, 6.07) is 15.6. The van der Waals surface area contributed by atoms with Crippen LogP contribution in [0.25, 0.3) is 0 Å². The number of phenolic OH excluding ortho intramolecular Hbond substituents is 1. The van der Waals surface area contributed by atoms with Gasteiger partial charge in [-0.25, -0.2) is 0 Å². The molecule has 0 unspecified atom stereocenters. The Balaban J connectivity index is 1.47. The molecular weight excluding hydrogens is 595 g/mol. The number of phenols is 1. The number of alkyl halides is 3. The second kappa shape index (κ2) is 8.93. The van der Waals surface area contributed by atoms with E-state index in [1.54, 1.807) is 12.1 Å². The molecule has 2 aliphatic carbocycles. The summed E-state index contributed by atoms with van der Waals surface area (Å²) in [5.41, 5.74) is 2.08. The van der Waals surface area contributed by atoms with Gasteiger partial charge in [0.15, 0.2) is 9.75 Å². The van der Waals surface area contributed by atoms with Gasteiger partial charge in [-0.1, -0.05) is 70.0 Å². The van der Waals surface area contributed by atoms with Crippen molar-refractivity contribution in [2.75, 3.05) is 5.45 Å². The largest absolute Gasteiger partial charge is 0.508 e. The van der Waals surface area contributed by atoms with Gasteiger partial charge in [0.05, 0.1) is 23.8 Å². The lowest BCUT2D eigenvalue weighted by Gasteiger charge is -2.50. The summed E-state index contributed by atoms with van der Waals surface area (Å²) in [6.07, 6.45) is 2.16. The summed E-state index contributed by atoms with van der Waals surface area (Å²) < 4.78 is 0. The van der Waals surface area contributed by atoms with E-state index in [-0.39, 0.29) is 36.0 Å². The highest BCUT2D eigenvalue weighted by molar-refractivity contribution is 9.09. The van der Waals surface area contributed by atoms with Crippen LogP contribution in [0.4, 0.5) is 0 Å². The van der Waals surface area contributed by atoms with Gasteiger partial charge in [-0.2, -0.15) is 0 Å². The normalized spacial score (nSPS) is 34.2. The van der Waals surface area contributed by atoms with E-state index in [9.17, 15) is 24.3 Å². The lowest BCUT2D eigenvalue weighted by atomic mass is 9.56. The number of hydrogen-bond donors (Lipinski definition) is 1. The first kappa shape index (κ1) is 25.6. The molecule has 2 saturated heterocycles. The van der Waals surface area contributed by atoms with Crippen molar-refractivity contribution >= 4 is 62.8 Å². The molecule has 2 aromatic carbocycles. The van der Waals surface area contributed by atoms with Crippen LogP contribution in [0, 0.1) is 17.8 Å². The van der Waals surface area contributed by atoms with E-state index in [1.807, 2.05) is 36.4 Å². The topological polar surface area (TPSA) is 95.0 Å². The van der Waals surface area contributed by atoms with Crippen molar-refractivity contribution in [3.05, 3.63) is 77.4 Å². The van der Waals surface area contributed by atoms with E-state index in [0.717, 1.165) is 16.0 Å². The number of amides is 4. The zero-order valence-electron chi connectivity index (χ0n) is 20.0. The van der Waals surface area contributed by atoms with Crippen LogP contribution in [0.1, 0.15) is 29.9 Å². The quantitative estimate of drug-likeness (QED) is 0.239. The molecular formula is C28H23BrCl2N2O5. The molecule has 0 spiro atoms. The summed E-state index contributed by atoms with van der Waals surface area (Å²) in [5.74, 6) is -4.47. The number of imide groups is 2. The monoisotopic (exact) mass is 616 g/mol. The molecule has 0 radical (unpaired) electrons. The number of halogens is 3. The average molecular weight is 618 g/mol. The molecule has 0 aromatic heterocycles. The maximum atomic E-state index is 13.8. The predicted octanol–water partition coefficient (Wildman–Crippen LogP) is 4.30. The van der Waals surface area contributed by atoms with Gasteiger partial charge in [-0.15, -0.1) is 23.2 Å². The number of hydrogen-bond acceptors (Lipinski definition) is 5. The molecule has 10 heteroatoms. The molecule has 196 valence electrons. The minimum absolute atomic E-state index is 0.0311. The van der Waals surface area contributed by atoms with Gasteiger partial charge in [-0.05, 0) is 42.0 Å². The van der Waals surface area contributed by atoms with Crippen molar-refractivity contribution in [2.24, 2.45) is 17.8 Å². The molecule has 1 N–H and O–H groups in total. The fourth-order valence-electron chi connectivity index (χ4n) is 6.78. The molecule has 0 bridgehead atoms. The highest BCUT2D eigenvalue weighted by Crippen LogP contribution is 2.65. The summed E-state index contributed by atoms with van der Waals surface area (Å²) in [4.78, 5) is 53.2.